The Morgan fingerprint density at radius 2 is 2.42 bits per heavy atom. The topological polar surface area (TPSA) is 73.6 Å². The van der Waals surface area contributed by atoms with Crippen LogP contribution in [0.25, 0.3) is 0 Å². The summed E-state index contributed by atoms with van der Waals surface area (Å²) in [5, 5.41) is 2.60. The van der Waals surface area contributed by atoms with E-state index in [9.17, 15) is 9.18 Å². The molecule has 104 valence electrons. The van der Waals surface area contributed by atoms with E-state index >= 15 is 0 Å². The van der Waals surface area contributed by atoms with Gasteiger partial charge < -0.3 is 20.5 Å². The monoisotopic (exact) mass is 268 g/mol. The van der Waals surface area contributed by atoms with Gasteiger partial charge in [0.25, 0.3) is 0 Å². The third kappa shape index (κ3) is 3.02. The van der Waals surface area contributed by atoms with Crippen LogP contribution in [0.15, 0.2) is 18.2 Å². The lowest BCUT2D eigenvalue weighted by molar-refractivity contribution is -0.121. The van der Waals surface area contributed by atoms with E-state index in [-0.39, 0.29) is 18.3 Å². The van der Waals surface area contributed by atoms with E-state index < -0.39 is 11.4 Å². The van der Waals surface area contributed by atoms with Gasteiger partial charge in [0.1, 0.15) is 5.54 Å². The van der Waals surface area contributed by atoms with Crippen LogP contribution < -0.4 is 15.8 Å². The quantitative estimate of drug-likeness (QED) is 0.862. The van der Waals surface area contributed by atoms with E-state index in [0.717, 1.165) is 0 Å². The second kappa shape index (κ2) is 5.54. The minimum Gasteiger partial charge on any atom is -0.491 e. The fourth-order valence-corrected chi connectivity index (χ4v) is 1.87. The Morgan fingerprint density at radius 3 is 3.00 bits per heavy atom. The molecule has 1 atom stereocenters. The number of rotatable bonds is 4. The molecule has 0 saturated carbocycles. The van der Waals surface area contributed by atoms with E-state index in [0.29, 0.717) is 25.3 Å². The smallest absolute Gasteiger partial charge is 0.246 e. The molecule has 6 heteroatoms. The maximum Gasteiger partial charge on any atom is 0.246 e. The number of anilines is 1. The highest BCUT2D eigenvalue weighted by atomic mass is 19.1. The van der Waals surface area contributed by atoms with Crippen molar-refractivity contribution in [2.24, 2.45) is 5.73 Å². The van der Waals surface area contributed by atoms with Gasteiger partial charge in [0, 0.05) is 18.4 Å². The molecule has 2 rings (SSSR count). The van der Waals surface area contributed by atoms with E-state index in [1.54, 1.807) is 13.0 Å². The normalized spacial score (nSPS) is 22.3. The van der Waals surface area contributed by atoms with Crippen LogP contribution in [0.5, 0.6) is 5.75 Å². The van der Waals surface area contributed by atoms with Crippen LogP contribution in [0.4, 0.5) is 10.1 Å². The molecule has 1 aromatic rings. The fourth-order valence-electron chi connectivity index (χ4n) is 1.87. The molecule has 1 fully saturated rings. The van der Waals surface area contributed by atoms with Crippen molar-refractivity contribution in [3.05, 3.63) is 24.0 Å². The second-order valence-electron chi connectivity index (χ2n) is 4.49. The molecule has 5 nitrogen and oxygen atoms in total. The number of benzene rings is 1. The number of nitrogens with two attached hydrogens (primary N) is 1. The predicted molar refractivity (Wildman–Crippen MR) is 68.6 cm³/mol. The van der Waals surface area contributed by atoms with Crippen LogP contribution in [0.2, 0.25) is 0 Å². The molecule has 1 amide bonds. The first kappa shape index (κ1) is 13.8. The summed E-state index contributed by atoms with van der Waals surface area (Å²) in [6.07, 6.45) is 0.457. The van der Waals surface area contributed by atoms with Crippen LogP contribution in [0, 0.1) is 5.82 Å². The van der Waals surface area contributed by atoms with E-state index in [1.165, 1.54) is 12.1 Å². The summed E-state index contributed by atoms with van der Waals surface area (Å²) in [6.45, 7) is 2.79. The highest BCUT2D eigenvalue weighted by molar-refractivity contribution is 5.98. The van der Waals surface area contributed by atoms with Crippen molar-refractivity contribution in [2.45, 2.75) is 18.9 Å². The first-order valence-corrected chi connectivity index (χ1v) is 6.15. The van der Waals surface area contributed by atoms with Gasteiger partial charge >= 0.3 is 0 Å². The molecule has 3 N–H and O–H groups in total. The van der Waals surface area contributed by atoms with Crippen molar-refractivity contribution in [1.29, 1.82) is 0 Å². The van der Waals surface area contributed by atoms with Crippen LogP contribution in [0.3, 0.4) is 0 Å². The number of amides is 1. The molecule has 0 radical (unpaired) electrons. The van der Waals surface area contributed by atoms with Gasteiger partial charge in [-0.15, -0.1) is 0 Å². The van der Waals surface area contributed by atoms with Crippen LogP contribution >= 0.6 is 0 Å². The van der Waals surface area contributed by atoms with Gasteiger partial charge in [0.2, 0.25) is 5.91 Å². The molecule has 1 aliphatic rings. The van der Waals surface area contributed by atoms with Crippen LogP contribution in [-0.4, -0.2) is 31.3 Å². The lowest BCUT2D eigenvalue weighted by atomic mass is 9.99. The largest absolute Gasteiger partial charge is 0.491 e. The molecule has 1 aliphatic heterocycles. The Morgan fingerprint density at radius 1 is 1.63 bits per heavy atom. The maximum absolute atomic E-state index is 13.6. The number of halogens is 1. The lowest BCUT2D eigenvalue weighted by Gasteiger charge is -2.20. The van der Waals surface area contributed by atoms with Crippen molar-refractivity contribution in [2.75, 3.05) is 25.1 Å². The molecule has 1 heterocycles. The van der Waals surface area contributed by atoms with E-state index in [2.05, 4.69) is 5.32 Å². The molecule has 1 aromatic carbocycles. The molecule has 0 bridgehead atoms. The summed E-state index contributed by atoms with van der Waals surface area (Å²) in [7, 11) is 0. The van der Waals surface area contributed by atoms with Crippen LogP contribution in [-0.2, 0) is 9.53 Å². The zero-order valence-electron chi connectivity index (χ0n) is 10.7. The number of hydrogen-bond donors (Lipinski definition) is 2. The van der Waals surface area contributed by atoms with Gasteiger partial charge in [-0.1, -0.05) is 0 Å². The minimum absolute atomic E-state index is 0.159. The Balaban J connectivity index is 2.07. The van der Waals surface area contributed by atoms with Gasteiger partial charge in [-0.25, -0.2) is 4.39 Å². The number of carbonyl (C=O) groups is 1. The van der Waals surface area contributed by atoms with Gasteiger partial charge in [0.15, 0.2) is 11.6 Å². The number of nitrogens with one attached hydrogen (secondary N) is 1. The fraction of sp³-hybridized carbons (Fsp3) is 0.462. The van der Waals surface area contributed by atoms with Crippen molar-refractivity contribution in [1.82, 2.24) is 0 Å². The standard InChI is InChI=1S/C13H17FN2O3/c1-2-19-11-4-3-9(7-10(11)14)16-12(17)13(15)5-6-18-8-13/h3-4,7H,2,5-6,8,15H2,1H3,(H,16,17). The zero-order valence-corrected chi connectivity index (χ0v) is 10.7. The summed E-state index contributed by atoms with van der Waals surface area (Å²) >= 11 is 0. The summed E-state index contributed by atoms with van der Waals surface area (Å²) < 4.78 is 23.8. The second-order valence-corrected chi connectivity index (χ2v) is 4.49. The van der Waals surface area contributed by atoms with Crippen molar-refractivity contribution in [3.63, 3.8) is 0 Å². The molecule has 0 spiro atoms. The van der Waals surface area contributed by atoms with Crippen molar-refractivity contribution in [3.8, 4) is 5.75 Å². The summed E-state index contributed by atoms with van der Waals surface area (Å²) in [5.41, 5.74) is 5.23. The molecule has 0 aliphatic carbocycles. The number of carbonyl (C=O) groups excluding carboxylic acids is 1. The van der Waals surface area contributed by atoms with Crippen molar-refractivity contribution < 1.29 is 18.7 Å². The average Bonchev–Trinajstić information content (AvgIpc) is 2.81. The molecular formula is C13H17FN2O3. The Hall–Kier alpha value is -1.66. The molecule has 19 heavy (non-hydrogen) atoms. The Kier molecular flexibility index (Phi) is 4.01. The SMILES string of the molecule is CCOc1ccc(NC(=O)C2(N)CCOC2)cc1F. The Bertz CT molecular complexity index is 473. The first-order chi connectivity index (χ1) is 9.05. The molecule has 1 unspecified atom stereocenters. The molecule has 1 saturated heterocycles. The highest BCUT2D eigenvalue weighted by Gasteiger charge is 2.38. The highest BCUT2D eigenvalue weighted by Crippen LogP contribution is 2.23. The van der Waals surface area contributed by atoms with Crippen molar-refractivity contribution >= 4 is 11.6 Å². The summed E-state index contributed by atoms with van der Waals surface area (Å²) in [4.78, 5) is 12.0. The summed E-state index contributed by atoms with van der Waals surface area (Å²) in [5.74, 6) is -0.728. The Labute approximate surface area is 110 Å². The van der Waals surface area contributed by atoms with Gasteiger partial charge in [-0.05, 0) is 25.5 Å². The third-order valence-electron chi connectivity index (χ3n) is 2.99. The van der Waals surface area contributed by atoms with Gasteiger partial charge in [-0.3, -0.25) is 4.79 Å². The number of hydrogen-bond acceptors (Lipinski definition) is 4. The molecule has 0 aromatic heterocycles. The third-order valence-corrected chi connectivity index (χ3v) is 2.99. The summed E-state index contributed by atoms with van der Waals surface area (Å²) in [6, 6.07) is 4.26. The minimum atomic E-state index is -1.03. The number of ether oxygens (including phenoxy) is 2. The first-order valence-electron chi connectivity index (χ1n) is 6.15. The zero-order chi connectivity index (χ0) is 13.9. The average molecular weight is 268 g/mol. The lowest BCUT2D eigenvalue weighted by Crippen LogP contribution is -2.51. The van der Waals surface area contributed by atoms with E-state index in [1.807, 2.05) is 0 Å². The maximum atomic E-state index is 13.6. The molecular weight excluding hydrogens is 251 g/mol. The predicted octanol–water partition coefficient (Wildman–Crippen LogP) is 1.28. The van der Waals surface area contributed by atoms with Gasteiger partial charge in [0.05, 0.1) is 13.2 Å². The van der Waals surface area contributed by atoms with Gasteiger partial charge in [-0.2, -0.15) is 0 Å². The van der Waals surface area contributed by atoms with E-state index in [4.69, 9.17) is 15.2 Å². The van der Waals surface area contributed by atoms with Crippen LogP contribution in [0.1, 0.15) is 13.3 Å².